The maximum absolute atomic E-state index is 9.37. The number of hydrogen-bond acceptors (Lipinski definition) is 2. The second-order valence-electron chi connectivity index (χ2n) is 5.50. The molecule has 0 aromatic heterocycles. The van der Waals surface area contributed by atoms with Gasteiger partial charge in [0.15, 0.2) is 0 Å². The van der Waals surface area contributed by atoms with Crippen molar-refractivity contribution in [1.82, 2.24) is 5.32 Å². The standard InChI is InChI=1S/C11H25NO/c1-10(2,3)8-6-7-9-12-11(4,5)13/h12-13H,6-9H2,1-5H3. The van der Waals surface area contributed by atoms with E-state index >= 15 is 0 Å². The first-order valence-corrected chi connectivity index (χ1v) is 5.18. The Morgan fingerprint density at radius 2 is 1.54 bits per heavy atom. The summed E-state index contributed by atoms with van der Waals surface area (Å²) >= 11 is 0. The second-order valence-corrected chi connectivity index (χ2v) is 5.50. The second kappa shape index (κ2) is 4.97. The molecule has 0 saturated carbocycles. The smallest absolute Gasteiger partial charge is 0.110 e. The van der Waals surface area contributed by atoms with E-state index in [2.05, 4.69) is 26.1 Å². The minimum atomic E-state index is -0.721. The van der Waals surface area contributed by atoms with E-state index in [1.54, 1.807) is 13.8 Å². The molecule has 0 aliphatic rings. The summed E-state index contributed by atoms with van der Waals surface area (Å²) in [7, 11) is 0. The molecule has 0 rings (SSSR count). The van der Waals surface area contributed by atoms with E-state index in [-0.39, 0.29) is 0 Å². The molecule has 80 valence electrons. The molecule has 0 unspecified atom stereocenters. The van der Waals surface area contributed by atoms with Crippen molar-refractivity contribution < 1.29 is 5.11 Å². The maximum Gasteiger partial charge on any atom is 0.110 e. The quantitative estimate of drug-likeness (QED) is 0.512. The molecular formula is C11H25NO. The zero-order chi connectivity index (χ0) is 10.5. The van der Waals surface area contributed by atoms with Crippen molar-refractivity contribution in [3.05, 3.63) is 0 Å². The van der Waals surface area contributed by atoms with Gasteiger partial charge in [-0.3, -0.25) is 5.32 Å². The zero-order valence-electron chi connectivity index (χ0n) is 9.78. The van der Waals surface area contributed by atoms with E-state index < -0.39 is 5.72 Å². The van der Waals surface area contributed by atoms with Gasteiger partial charge in [-0.2, -0.15) is 0 Å². The van der Waals surface area contributed by atoms with E-state index in [4.69, 9.17) is 0 Å². The van der Waals surface area contributed by atoms with Gasteiger partial charge in [0.25, 0.3) is 0 Å². The van der Waals surface area contributed by atoms with E-state index in [1.165, 1.54) is 12.8 Å². The van der Waals surface area contributed by atoms with Gasteiger partial charge in [0, 0.05) is 0 Å². The first-order chi connectivity index (χ1) is 5.71. The fraction of sp³-hybridized carbons (Fsp3) is 1.00. The van der Waals surface area contributed by atoms with Crippen LogP contribution < -0.4 is 5.32 Å². The number of aliphatic hydroxyl groups is 1. The van der Waals surface area contributed by atoms with Crippen molar-refractivity contribution in [3.63, 3.8) is 0 Å². The molecule has 0 aromatic carbocycles. The molecule has 0 atom stereocenters. The third-order valence-corrected chi connectivity index (χ3v) is 1.91. The minimum Gasteiger partial charge on any atom is -0.376 e. The van der Waals surface area contributed by atoms with Gasteiger partial charge in [0.2, 0.25) is 0 Å². The van der Waals surface area contributed by atoms with Crippen molar-refractivity contribution in [2.24, 2.45) is 5.41 Å². The van der Waals surface area contributed by atoms with Crippen LogP contribution in [0.3, 0.4) is 0 Å². The Kier molecular flexibility index (Phi) is 4.93. The highest BCUT2D eigenvalue weighted by Gasteiger charge is 2.11. The van der Waals surface area contributed by atoms with Crippen molar-refractivity contribution in [1.29, 1.82) is 0 Å². The number of rotatable bonds is 5. The van der Waals surface area contributed by atoms with Crippen LogP contribution in [0.1, 0.15) is 53.9 Å². The Morgan fingerprint density at radius 1 is 1.00 bits per heavy atom. The molecule has 0 saturated heterocycles. The van der Waals surface area contributed by atoms with Crippen LogP contribution >= 0.6 is 0 Å². The van der Waals surface area contributed by atoms with Gasteiger partial charge in [-0.15, -0.1) is 0 Å². The first-order valence-electron chi connectivity index (χ1n) is 5.18. The van der Waals surface area contributed by atoms with Gasteiger partial charge in [-0.1, -0.05) is 27.2 Å². The van der Waals surface area contributed by atoms with Crippen LogP contribution in [0.25, 0.3) is 0 Å². The lowest BCUT2D eigenvalue weighted by Crippen LogP contribution is -2.39. The molecule has 0 radical (unpaired) electrons. The van der Waals surface area contributed by atoms with Gasteiger partial charge in [0.05, 0.1) is 0 Å². The third kappa shape index (κ3) is 11.9. The molecule has 2 nitrogen and oxygen atoms in total. The average molecular weight is 187 g/mol. The highest BCUT2D eigenvalue weighted by molar-refractivity contribution is 4.64. The van der Waals surface area contributed by atoms with Crippen LogP contribution in [-0.4, -0.2) is 17.4 Å². The highest BCUT2D eigenvalue weighted by atomic mass is 16.3. The fourth-order valence-electron chi connectivity index (χ4n) is 1.17. The van der Waals surface area contributed by atoms with Gasteiger partial charge in [-0.05, 0) is 38.6 Å². The molecule has 0 amide bonds. The Labute approximate surface area is 82.7 Å². The largest absolute Gasteiger partial charge is 0.376 e. The fourth-order valence-corrected chi connectivity index (χ4v) is 1.17. The molecule has 0 heterocycles. The minimum absolute atomic E-state index is 0.439. The Bertz CT molecular complexity index is 114. The predicted molar refractivity (Wildman–Crippen MR) is 57.6 cm³/mol. The van der Waals surface area contributed by atoms with E-state index in [9.17, 15) is 5.11 Å². The Balaban J connectivity index is 3.28. The molecule has 0 fully saturated rings. The van der Waals surface area contributed by atoms with Crippen molar-refractivity contribution in [2.45, 2.75) is 59.6 Å². The summed E-state index contributed by atoms with van der Waals surface area (Å²) < 4.78 is 0. The predicted octanol–water partition coefficient (Wildman–Crippen LogP) is 2.52. The SMILES string of the molecule is CC(C)(C)CCCCNC(C)(C)O. The van der Waals surface area contributed by atoms with Gasteiger partial charge in [-0.25, -0.2) is 0 Å². The summed E-state index contributed by atoms with van der Waals surface area (Å²) in [5.74, 6) is 0. The Morgan fingerprint density at radius 3 is 1.92 bits per heavy atom. The molecule has 0 aliphatic carbocycles. The summed E-state index contributed by atoms with van der Waals surface area (Å²) in [4.78, 5) is 0. The number of nitrogens with one attached hydrogen (secondary N) is 1. The molecule has 0 aliphatic heterocycles. The summed E-state index contributed by atoms with van der Waals surface area (Å²) in [6, 6.07) is 0. The van der Waals surface area contributed by atoms with Crippen molar-refractivity contribution in [2.75, 3.05) is 6.54 Å². The molecule has 0 spiro atoms. The zero-order valence-corrected chi connectivity index (χ0v) is 9.78. The third-order valence-electron chi connectivity index (χ3n) is 1.91. The van der Waals surface area contributed by atoms with Crippen molar-refractivity contribution in [3.8, 4) is 0 Å². The van der Waals surface area contributed by atoms with E-state index in [1.807, 2.05) is 0 Å². The summed E-state index contributed by atoms with van der Waals surface area (Å²) in [6.45, 7) is 11.2. The summed E-state index contributed by atoms with van der Waals surface area (Å²) in [6.07, 6.45) is 3.62. The monoisotopic (exact) mass is 187 g/mol. The van der Waals surface area contributed by atoms with Gasteiger partial charge in [0.1, 0.15) is 5.72 Å². The molecule has 13 heavy (non-hydrogen) atoms. The Hall–Kier alpha value is -0.0800. The lowest BCUT2D eigenvalue weighted by atomic mass is 9.90. The van der Waals surface area contributed by atoms with Crippen LogP contribution in [0.4, 0.5) is 0 Å². The molecule has 0 aromatic rings. The van der Waals surface area contributed by atoms with Gasteiger partial charge >= 0.3 is 0 Å². The normalized spacial score (nSPS) is 13.4. The summed E-state index contributed by atoms with van der Waals surface area (Å²) in [5.41, 5.74) is -0.281. The summed E-state index contributed by atoms with van der Waals surface area (Å²) in [5, 5.41) is 12.4. The van der Waals surface area contributed by atoms with E-state index in [0.717, 1.165) is 13.0 Å². The molecule has 0 bridgehead atoms. The van der Waals surface area contributed by atoms with Gasteiger partial charge < -0.3 is 5.11 Å². The lowest BCUT2D eigenvalue weighted by Gasteiger charge is -2.20. The van der Waals surface area contributed by atoms with Crippen molar-refractivity contribution >= 4 is 0 Å². The van der Waals surface area contributed by atoms with Crippen LogP contribution in [0.5, 0.6) is 0 Å². The van der Waals surface area contributed by atoms with Crippen LogP contribution in [0.2, 0.25) is 0 Å². The van der Waals surface area contributed by atoms with Crippen LogP contribution in [-0.2, 0) is 0 Å². The maximum atomic E-state index is 9.37. The van der Waals surface area contributed by atoms with E-state index in [0.29, 0.717) is 5.41 Å². The average Bonchev–Trinajstić information content (AvgIpc) is 1.81. The molecule has 2 heteroatoms. The highest BCUT2D eigenvalue weighted by Crippen LogP contribution is 2.21. The lowest BCUT2D eigenvalue weighted by molar-refractivity contribution is 0.0434. The number of hydrogen-bond donors (Lipinski definition) is 2. The molecular weight excluding hydrogens is 162 g/mol. The first kappa shape index (κ1) is 12.9. The topological polar surface area (TPSA) is 32.3 Å². The van der Waals surface area contributed by atoms with Crippen LogP contribution in [0, 0.1) is 5.41 Å². The molecule has 2 N–H and O–H groups in total. The number of unbranched alkanes of at least 4 members (excludes halogenated alkanes) is 1. The van der Waals surface area contributed by atoms with Crippen LogP contribution in [0.15, 0.2) is 0 Å².